The molecule has 0 amide bonds. The quantitative estimate of drug-likeness (QED) is 0.530. The summed E-state index contributed by atoms with van der Waals surface area (Å²) in [5.74, 6) is 0.886. The van der Waals surface area contributed by atoms with Gasteiger partial charge >= 0.3 is 0 Å². The van der Waals surface area contributed by atoms with Gasteiger partial charge in [0.05, 0.1) is 11.4 Å². The molecule has 106 valence electrons. The van der Waals surface area contributed by atoms with Gasteiger partial charge in [-0.25, -0.2) is 0 Å². The minimum absolute atomic E-state index is 0.0419. The Balaban J connectivity index is 2.49. The maximum atomic E-state index is 6.22. The van der Waals surface area contributed by atoms with E-state index >= 15 is 0 Å². The Hall–Kier alpha value is -0.510. The second-order valence-electron chi connectivity index (χ2n) is 4.43. The third kappa shape index (κ3) is 3.38. The summed E-state index contributed by atoms with van der Waals surface area (Å²) >= 11 is 13.5. The molecule has 0 radical (unpaired) electrons. The van der Waals surface area contributed by atoms with Crippen molar-refractivity contribution in [2.24, 2.45) is 0 Å². The maximum absolute atomic E-state index is 6.22. The van der Waals surface area contributed by atoms with Crippen LogP contribution in [0.5, 0.6) is 5.75 Å². The van der Waals surface area contributed by atoms with Crippen LogP contribution in [0.4, 0.5) is 0 Å². The highest BCUT2D eigenvalue weighted by Crippen LogP contribution is 2.40. The molecule has 4 heteroatoms. The number of rotatable bonds is 4. The van der Waals surface area contributed by atoms with E-state index in [1.165, 1.54) is 0 Å². The van der Waals surface area contributed by atoms with Crippen LogP contribution < -0.4 is 4.74 Å². The SMILES string of the molecule is CCOc1ccc(Br)cc1C(Br)c1cccc(Cl)c1C. The molecule has 2 rings (SSSR count). The van der Waals surface area contributed by atoms with Crippen LogP contribution in [0.1, 0.15) is 28.4 Å². The van der Waals surface area contributed by atoms with E-state index in [1.54, 1.807) is 0 Å². The van der Waals surface area contributed by atoms with Gasteiger partial charge in [-0.15, -0.1) is 0 Å². The molecular weight excluding hydrogens is 403 g/mol. The highest BCUT2D eigenvalue weighted by molar-refractivity contribution is 9.10. The molecule has 2 aromatic rings. The van der Waals surface area contributed by atoms with Crippen molar-refractivity contribution >= 4 is 43.5 Å². The van der Waals surface area contributed by atoms with Crippen LogP contribution in [-0.2, 0) is 0 Å². The Morgan fingerprint density at radius 3 is 2.65 bits per heavy atom. The molecule has 0 aliphatic carbocycles. The fourth-order valence-electron chi connectivity index (χ4n) is 2.07. The standard InChI is InChI=1S/C16H15Br2ClO/c1-3-20-15-8-7-11(17)9-13(15)16(18)12-5-4-6-14(19)10(12)2/h4-9,16H,3H2,1-2H3. The van der Waals surface area contributed by atoms with Crippen molar-refractivity contribution in [3.63, 3.8) is 0 Å². The van der Waals surface area contributed by atoms with Crippen LogP contribution in [0, 0.1) is 6.92 Å². The van der Waals surface area contributed by atoms with E-state index < -0.39 is 0 Å². The van der Waals surface area contributed by atoms with Gasteiger partial charge < -0.3 is 4.74 Å². The third-order valence-corrected chi connectivity index (χ3v) is 5.02. The molecule has 0 N–H and O–H groups in total. The number of halogens is 3. The van der Waals surface area contributed by atoms with E-state index in [0.29, 0.717) is 6.61 Å². The molecular formula is C16H15Br2ClO. The summed E-state index contributed by atoms with van der Waals surface area (Å²) in [5.41, 5.74) is 3.32. The Morgan fingerprint density at radius 2 is 1.95 bits per heavy atom. The first-order valence-electron chi connectivity index (χ1n) is 6.36. The Morgan fingerprint density at radius 1 is 1.20 bits per heavy atom. The number of hydrogen-bond donors (Lipinski definition) is 0. The summed E-state index contributed by atoms with van der Waals surface area (Å²) in [5, 5.41) is 0.778. The molecule has 1 nitrogen and oxygen atoms in total. The fraction of sp³-hybridized carbons (Fsp3) is 0.250. The van der Waals surface area contributed by atoms with Crippen molar-refractivity contribution < 1.29 is 4.74 Å². The molecule has 0 bridgehead atoms. The van der Waals surface area contributed by atoms with Crippen molar-refractivity contribution in [1.29, 1.82) is 0 Å². The predicted octanol–water partition coefficient (Wildman–Crippen LogP) is 6.29. The summed E-state index contributed by atoms with van der Waals surface area (Å²) in [6, 6.07) is 12.0. The van der Waals surface area contributed by atoms with Crippen LogP contribution in [-0.4, -0.2) is 6.61 Å². The van der Waals surface area contributed by atoms with Crippen LogP contribution in [0.3, 0.4) is 0 Å². The van der Waals surface area contributed by atoms with E-state index in [0.717, 1.165) is 31.9 Å². The molecule has 0 spiro atoms. The highest BCUT2D eigenvalue weighted by Gasteiger charge is 2.18. The lowest BCUT2D eigenvalue weighted by Gasteiger charge is -2.18. The highest BCUT2D eigenvalue weighted by atomic mass is 79.9. The van der Waals surface area contributed by atoms with Gasteiger partial charge in [-0.1, -0.05) is 55.6 Å². The monoisotopic (exact) mass is 416 g/mol. The predicted molar refractivity (Wildman–Crippen MR) is 92.3 cm³/mol. The molecule has 20 heavy (non-hydrogen) atoms. The first kappa shape index (κ1) is 15.9. The van der Waals surface area contributed by atoms with Crippen molar-refractivity contribution in [3.05, 3.63) is 62.6 Å². The van der Waals surface area contributed by atoms with Crippen LogP contribution in [0.15, 0.2) is 40.9 Å². The zero-order chi connectivity index (χ0) is 14.7. The van der Waals surface area contributed by atoms with Gasteiger partial charge in [0, 0.05) is 15.1 Å². The summed E-state index contributed by atoms with van der Waals surface area (Å²) in [4.78, 5) is 0.0419. The summed E-state index contributed by atoms with van der Waals surface area (Å²) in [6.45, 7) is 4.66. The normalized spacial score (nSPS) is 12.2. The molecule has 0 fully saturated rings. The van der Waals surface area contributed by atoms with Gasteiger partial charge in [0.15, 0.2) is 0 Å². The second-order valence-corrected chi connectivity index (χ2v) is 6.67. The molecule has 1 unspecified atom stereocenters. The van der Waals surface area contributed by atoms with Gasteiger partial charge in [-0.05, 0) is 49.2 Å². The fourth-order valence-corrected chi connectivity index (χ4v) is 3.48. The molecule has 1 atom stereocenters. The van der Waals surface area contributed by atoms with E-state index in [9.17, 15) is 0 Å². The number of hydrogen-bond acceptors (Lipinski definition) is 1. The average molecular weight is 419 g/mol. The molecule has 2 aromatic carbocycles. The molecule has 0 saturated heterocycles. The zero-order valence-corrected chi connectivity index (χ0v) is 15.2. The first-order chi connectivity index (χ1) is 9.54. The van der Waals surface area contributed by atoms with E-state index in [2.05, 4.69) is 44.0 Å². The number of alkyl halides is 1. The van der Waals surface area contributed by atoms with Crippen LogP contribution in [0.2, 0.25) is 5.02 Å². The molecule has 0 heterocycles. The van der Waals surface area contributed by atoms with Crippen molar-refractivity contribution in [1.82, 2.24) is 0 Å². The Labute approximate surface area is 141 Å². The third-order valence-electron chi connectivity index (χ3n) is 3.13. The summed E-state index contributed by atoms with van der Waals surface area (Å²) in [7, 11) is 0. The topological polar surface area (TPSA) is 9.23 Å². The van der Waals surface area contributed by atoms with Crippen molar-refractivity contribution in [2.75, 3.05) is 6.61 Å². The number of benzene rings is 2. The summed E-state index contributed by atoms with van der Waals surface area (Å²) in [6.07, 6.45) is 0. The Kier molecular flexibility index (Phi) is 5.53. The molecule has 0 aliphatic heterocycles. The molecule has 0 saturated carbocycles. The van der Waals surface area contributed by atoms with Crippen molar-refractivity contribution in [2.45, 2.75) is 18.7 Å². The van der Waals surface area contributed by atoms with Gasteiger partial charge in [-0.2, -0.15) is 0 Å². The lowest BCUT2D eigenvalue weighted by Crippen LogP contribution is -2.01. The molecule has 0 aliphatic rings. The number of ether oxygens (including phenoxy) is 1. The lowest BCUT2D eigenvalue weighted by molar-refractivity contribution is 0.337. The van der Waals surface area contributed by atoms with E-state index in [1.807, 2.05) is 38.1 Å². The minimum atomic E-state index is 0.0419. The van der Waals surface area contributed by atoms with Gasteiger partial charge in [0.2, 0.25) is 0 Å². The first-order valence-corrected chi connectivity index (χ1v) is 8.44. The lowest BCUT2D eigenvalue weighted by atomic mass is 10.00. The maximum Gasteiger partial charge on any atom is 0.124 e. The molecule has 0 aromatic heterocycles. The minimum Gasteiger partial charge on any atom is -0.494 e. The zero-order valence-electron chi connectivity index (χ0n) is 11.3. The van der Waals surface area contributed by atoms with Gasteiger partial charge in [0.25, 0.3) is 0 Å². The van der Waals surface area contributed by atoms with Crippen LogP contribution >= 0.6 is 43.5 Å². The summed E-state index contributed by atoms with van der Waals surface area (Å²) < 4.78 is 6.75. The van der Waals surface area contributed by atoms with Crippen molar-refractivity contribution in [3.8, 4) is 5.75 Å². The van der Waals surface area contributed by atoms with E-state index in [-0.39, 0.29) is 4.83 Å². The van der Waals surface area contributed by atoms with Gasteiger partial charge in [0.1, 0.15) is 5.75 Å². The Bertz CT molecular complexity index is 613. The second kappa shape index (κ2) is 6.97. The van der Waals surface area contributed by atoms with Gasteiger partial charge in [-0.3, -0.25) is 0 Å². The van der Waals surface area contributed by atoms with E-state index in [4.69, 9.17) is 16.3 Å². The van der Waals surface area contributed by atoms with Crippen LogP contribution in [0.25, 0.3) is 0 Å². The largest absolute Gasteiger partial charge is 0.494 e. The smallest absolute Gasteiger partial charge is 0.124 e. The average Bonchev–Trinajstić information content (AvgIpc) is 2.43.